The molecule has 3 aromatic carbocycles. The quantitative estimate of drug-likeness (QED) is 0.369. The summed E-state index contributed by atoms with van der Waals surface area (Å²) in [7, 11) is -4.09. The van der Waals surface area contributed by atoms with Crippen molar-refractivity contribution in [1.29, 1.82) is 0 Å². The SMILES string of the molecule is O=C1CC(N(C2CCCCCC2)S(=O)(=O)c2ccc3ccccc3c2)C(=O)N1c1ccc(F)cc1. The van der Waals surface area contributed by atoms with Crippen molar-refractivity contribution in [2.24, 2.45) is 0 Å². The van der Waals surface area contributed by atoms with Crippen molar-refractivity contribution in [2.75, 3.05) is 4.90 Å². The number of sulfonamides is 1. The van der Waals surface area contributed by atoms with Gasteiger partial charge in [-0.25, -0.2) is 17.7 Å². The summed E-state index contributed by atoms with van der Waals surface area (Å²) < 4.78 is 43.0. The monoisotopic (exact) mass is 494 g/mol. The highest BCUT2D eigenvalue weighted by molar-refractivity contribution is 7.89. The lowest BCUT2D eigenvalue weighted by atomic mass is 10.1. The summed E-state index contributed by atoms with van der Waals surface area (Å²) >= 11 is 0. The van der Waals surface area contributed by atoms with Crippen LogP contribution < -0.4 is 4.90 Å². The molecule has 8 heteroatoms. The summed E-state index contributed by atoms with van der Waals surface area (Å²) in [6.45, 7) is 0. The van der Waals surface area contributed by atoms with Crippen molar-refractivity contribution in [3.63, 3.8) is 0 Å². The van der Waals surface area contributed by atoms with Crippen LogP contribution in [0, 0.1) is 5.82 Å². The summed E-state index contributed by atoms with van der Waals surface area (Å²) in [6.07, 6.45) is 4.80. The summed E-state index contributed by atoms with van der Waals surface area (Å²) in [5.74, 6) is -1.56. The number of carbonyl (C=O) groups excluding carboxylic acids is 2. The third kappa shape index (κ3) is 4.48. The van der Waals surface area contributed by atoms with Crippen molar-refractivity contribution in [3.05, 3.63) is 72.5 Å². The van der Waals surface area contributed by atoms with Gasteiger partial charge in [0.15, 0.2) is 0 Å². The Balaban J connectivity index is 1.57. The van der Waals surface area contributed by atoms with E-state index in [2.05, 4.69) is 0 Å². The number of hydrogen-bond acceptors (Lipinski definition) is 4. The van der Waals surface area contributed by atoms with Gasteiger partial charge in [0.2, 0.25) is 15.9 Å². The second-order valence-corrected chi connectivity index (χ2v) is 11.1. The Hall–Kier alpha value is -3.10. The lowest BCUT2D eigenvalue weighted by molar-refractivity contribution is -0.122. The number of rotatable bonds is 5. The minimum Gasteiger partial charge on any atom is -0.274 e. The van der Waals surface area contributed by atoms with Crippen molar-refractivity contribution < 1.29 is 22.4 Å². The summed E-state index contributed by atoms with van der Waals surface area (Å²) in [6, 6.07) is 16.0. The number of amides is 2. The molecule has 1 heterocycles. The molecule has 1 unspecified atom stereocenters. The number of fused-ring (bicyclic) bond motifs is 1. The Morgan fingerprint density at radius 1 is 0.829 bits per heavy atom. The molecule has 5 rings (SSSR count). The first-order chi connectivity index (χ1) is 16.9. The van der Waals surface area contributed by atoms with E-state index in [9.17, 15) is 22.4 Å². The first kappa shape index (κ1) is 23.6. The van der Waals surface area contributed by atoms with Crippen molar-refractivity contribution >= 4 is 38.3 Å². The largest absolute Gasteiger partial charge is 0.274 e. The van der Waals surface area contributed by atoms with Crippen LogP contribution in [0.2, 0.25) is 0 Å². The van der Waals surface area contributed by atoms with E-state index in [1.165, 1.54) is 28.6 Å². The number of anilines is 1. The molecular weight excluding hydrogens is 467 g/mol. The summed E-state index contributed by atoms with van der Waals surface area (Å²) in [5.41, 5.74) is 0.243. The van der Waals surface area contributed by atoms with E-state index in [0.29, 0.717) is 12.8 Å². The van der Waals surface area contributed by atoms with Crippen LogP contribution in [0.15, 0.2) is 71.6 Å². The predicted molar refractivity (Wildman–Crippen MR) is 132 cm³/mol. The number of imide groups is 1. The molecular formula is C27H27FN2O4S. The molecule has 1 aliphatic heterocycles. The molecule has 2 amide bonds. The molecule has 6 nitrogen and oxygen atoms in total. The Kier molecular flexibility index (Phi) is 6.42. The maximum Gasteiger partial charge on any atom is 0.252 e. The molecule has 0 N–H and O–H groups in total. The fourth-order valence-electron chi connectivity index (χ4n) is 5.26. The zero-order valence-electron chi connectivity index (χ0n) is 19.3. The lowest BCUT2D eigenvalue weighted by Gasteiger charge is -2.34. The van der Waals surface area contributed by atoms with Crippen LogP contribution in [0.4, 0.5) is 10.1 Å². The van der Waals surface area contributed by atoms with E-state index >= 15 is 0 Å². The van der Waals surface area contributed by atoms with Gasteiger partial charge in [0, 0.05) is 6.04 Å². The Bertz CT molecular complexity index is 1370. The number of halogens is 1. The number of carbonyl (C=O) groups is 2. The standard InChI is InChI=1S/C27H27FN2O4S/c28-21-12-14-22(15-13-21)29-26(31)18-25(27(29)32)30(23-9-3-1-2-4-10-23)35(33,34)24-16-11-19-7-5-6-8-20(19)17-24/h5-8,11-17,23,25H,1-4,9-10,18H2. The molecule has 0 radical (unpaired) electrons. The zero-order valence-corrected chi connectivity index (χ0v) is 20.1. The number of hydrogen-bond donors (Lipinski definition) is 0. The molecule has 1 saturated heterocycles. The van der Waals surface area contributed by atoms with E-state index in [-0.39, 0.29) is 23.0 Å². The van der Waals surface area contributed by atoms with Crippen LogP contribution >= 0.6 is 0 Å². The second kappa shape index (κ2) is 9.51. The van der Waals surface area contributed by atoms with E-state index in [1.54, 1.807) is 18.2 Å². The van der Waals surface area contributed by atoms with Crippen LogP contribution in [-0.2, 0) is 19.6 Å². The fraction of sp³-hybridized carbons (Fsp3) is 0.333. The minimum atomic E-state index is -4.09. The van der Waals surface area contributed by atoms with E-state index < -0.39 is 33.7 Å². The molecule has 35 heavy (non-hydrogen) atoms. The number of nitrogens with zero attached hydrogens (tertiary/aromatic N) is 2. The fourth-order valence-corrected chi connectivity index (χ4v) is 7.12. The molecule has 0 aromatic heterocycles. The van der Waals surface area contributed by atoms with Gasteiger partial charge in [-0.05, 0) is 60.0 Å². The van der Waals surface area contributed by atoms with Crippen LogP contribution in [0.5, 0.6) is 0 Å². The highest BCUT2D eigenvalue weighted by Gasteiger charge is 2.49. The van der Waals surface area contributed by atoms with E-state index in [1.807, 2.05) is 24.3 Å². The van der Waals surface area contributed by atoms with Crippen molar-refractivity contribution in [2.45, 2.75) is 61.9 Å². The molecule has 1 atom stereocenters. The van der Waals surface area contributed by atoms with Crippen LogP contribution in [0.1, 0.15) is 44.9 Å². The summed E-state index contributed by atoms with van der Waals surface area (Å²) in [5, 5.41) is 1.71. The van der Waals surface area contributed by atoms with E-state index in [4.69, 9.17) is 0 Å². The van der Waals surface area contributed by atoms with E-state index in [0.717, 1.165) is 41.4 Å². The van der Waals surface area contributed by atoms with Crippen molar-refractivity contribution in [3.8, 4) is 0 Å². The lowest BCUT2D eigenvalue weighted by Crippen LogP contribution is -2.50. The van der Waals surface area contributed by atoms with Crippen LogP contribution in [0.3, 0.4) is 0 Å². The molecule has 0 spiro atoms. The van der Waals surface area contributed by atoms with Gasteiger partial charge in [-0.2, -0.15) is 4.31 Å². The molecule has 0 bridgehead atoms. The first-order valence-corrected chi connectivity index (χ1v) is 13.4. The average Bonchev–Trinajstić information content (AvgIpc) is 3.01. The maximum absolute atomic E-state index is 14.1. The van der Waals surface area contributed by atoms with Crippen LogP contribution in [-0.4, -0.2) is 36.6 Å². The zero-order chi connectivity index (χ0) is 24.6. The highest BCUT2D eigenvalue weighted by Crippen LogP contribution is 2.35. The third-order valence-electron chi connectivity index (χ3n) is 7.00. The Morgan fingerprint density at radius 3 is 2.17 bits per heavy atom. The normalized spacial score (nSPS) is 20.1. The third-order valence-corrected chi connectivity index (χ3v) is 8.95. The molecule has 1 saturated carbocycles. The molecule has 2 aliphatic rings. The van der Waals surface area contributed by atoms with Gasteiger partial charge in [0.05, 0.1) is 17.0 Å². The van der Waals surface area contributed by atoms with Gasteiger partial charge in [0.25, 0.3) is 5.91 Å². The molecule has 3 aromatic rings. The van der Waals surface area contributed by atoms with Gasteiger partial charge in [-0.1, -0.05) is 56.0 Å². The topological polar surface area (TPSA) is 74.8 Å². The molecule has 182 valence electrons. The van der Waals surface area contributed by atoms with Crippen molar-refractivity contribution in [1.82, 2.24) is 4.31 Å². The Morgan fingerprint density at radius 2 is 1.49 bits per heavy atom. The minimum absolute atomic E-state index is 0.112. The maximum atomic E-state index is 14.1. The molecule has 2 fully saturated rings. The Labute approximate surface area is 204 Å². The number of benzene rings is 3. The average molecular weight is 495 g/mol. The van der Waals surface area contributed by atoms with Gasteiger partial charge < -0.3 is 0 Å². The van der Waals surface area contributed by atoms with Gasteiger partial charge in [-0.3, -0.25) is 9.59 Å². The predicted octanol–water partition coefficient (Wildman–Crippen LogP) is 5.02. The smallest absolute Gasteiger partial charge is 0.252 e. The van der Waals surface area contributed by atoms with Gasteiger partial charge in [-0.15, -0.1) is 0 Å². The van der Waals surface area contributed by atoms with Crippen LogP contribution in [0.25, 0.3) is 10.8 Å². The van der Waals surface area contributed by atoms with Gasteiger partial charge >= 0.3 is 0 Å². The molecule has 1 aliphatic carbocycles. The summed E-state index contributed by atoms with van der Waals surface area (Å²) in [4.78, 5) is 27.6. The second-order valence-electron chi connectivity index (χ2n) is 9.25. The van der Waals surface area contributed by atoms with Gasteiger partial charge in [0.1, 0.15) is 11.9 Å². The first-order valence-electron chi connectivity index (χ1n) is 12.0. The highest BCUT2D eigenvalue weighted by atomic mass is 32.2.